The van der Waals surface area contributed by atoms with E-state index in [9.17, 15) is 9.59 Å². The van der Waals surface area contributed by atoms with Crippen LogP contribution in [0.2, 0.25) is 0 Å². The van der Waals surface area contributed by atoms with Crippen molar-refractivity contribution in [1.82, 2.24) is 0 Å². The van der Waals surface area contributed by atoms with Crippen LogP contribution in [-0.4, -0.2) is 25.0 Å². The molecule has 104 valence electrons. The van der Waals surface area contributed by atoms with E-state index in [1.54, 1.807) is 6.08 Å². The van der Waals surface area contributed by atoms with Gasteiger partial charge in [0.1, 0.15) is 11.7 Å². The third-order valence-corrected chi connectivity index (χ3v) is 4.05. The maximum absolute atomic E-state index is 12.1. The lowest BCUT2D eigenvalue weighted by molar-refractivity contribution is -0.142. The molecule has 0 spiro atoms. The predicted octanol–water partition coefficient (Wildman–Crippen LogP) is 2.13. The highest BCUT2D eigenvalue weighted by Gasteiger charge is 2.50. The normalized spacial score (nSPS) is 28.8. The first-order chi connectivity index (χ1) is 9.67. The van der Waals surface area contributed by atoms with E-state index in [0.717, 1.165) is 5.56 Å². The first kappa shape index (κ1) is 13.1. The average Bonchev–Trinajstić information content (AvgIpc) is 2.87. The molecule has 2 unspecified atom stereocenters. The van der Waals surface area contributed by atoms with Gasteiger partial charge in [-0.1, -0.05) is 36.4 Å². The summed E-state index contributed by atoms with van der Waals surface area (Å²) in [5.41, 5.74) is 0.499. The lowest BCUT2D eigenvalue weighted by atomic mass is 9.81. The van der Waals surface area contributed by atoms with Gasteiger partial charge in [0, 0.05) is 6.42 Å². The summed E-state index contributed by atoms with van der Waals surface area (Å²) in [6, 6.07) is 9.57. The molecule has 2 aliphatic rings. The zero-order valence-corrected chi connectivity index (χ0v) is 11.3. The average molecular weight is 272 g/mol. The van der Waals surface area contributed by atoms with Crippen molar-refractivity contribution in [3.05, 3.63) is 47.5 Å². The Morgan fingerprint density at radius 2 is 2.10 bits per heavy atom. The van der Waals surface area contributed by atoms with Crippen molar-refractivity contribution in [3.63, 3.8) is 0 Å². The fourth-order valence-corrected chi connectivity index (χ4v) is 3.05. The van der Waals surface area contributed by atoms with Crippen LogP contribution in [0.4, 0.5) is 0 Å². The van der Waals surface area contributed by atoms with Crippen molar-refractivity contribution in [1.29, 1.82) is 0 Å². The third-order valence-electron chi connectivity index (χ3n) is 4.05. The molecule has 20 heavy (non-hydrogen) atoms. The Labute approximate surface area is 117 Å². The van der Waals surface area contributed by atoms with Crippen LogP contribution in [0.15, 0.2) is 42.0 Å². The largest absolute Gasteiger partial charge is 0.466 e. The van der Waals surface area contributed by atoms with Crippen LogP contribution < -0.4 is 0 Å². The summed E-state index contributed by atoms with van der Waals surface area (Å²) in [6.45, 7) is 0. The number of Topliss-reactive ketones (excluding diaryl/α,β-unsaturated/α-hetero) is 1. The van der Waals surface area contributed by atoms with Crippen molar-refractivity contribution in [2.24, 2.45) is 0 Å². The SMILES string of the molecule is COC(=O)C1=CCC(=O)C2CCC1(c1ccccc1)O2. The number of ether oxygens (including phenoxy) is 2. The monoisotopic (exact) mass is 272 g/mol. The third kappa shape index (κ3) is 1.88. The number of carbonyl (C=O) groups excluding carboxylic acids is 2. The number of ketones is 1. The number of rotatable bonds is 2. The summed E-state index contributed by atoms with van der Waals surface area (Å²) in [6.07, 6.45) is 2.73. The van der Waals surface area contributed by atoms with E-state index in [0.29, 0.717) is 18.4 Å². The van der Waals surface area contributed by atoms with Crippen LogP contribution in [-0.2, 0) is 24.7 Å². The number of hydrogen-bond donors (Lipinski definition) is 0. The predicted molar refractivity (Wildman–Crippen MR) is 72.0 cm³/mol. The summed E-state index contributed by atoms with van der Waals surface area (Å²) in [5.74, 6) is -0.397. The summed E-state index contributed by atoms with van der Waals surface area (Å²) in [5, 5.41) is 0. The van der Waals surface area contributed by atoms with E-state index in [4.69, 9.17) is 9.47 Å². The Kier molecular flexibility index (Phi) is 3.18. The molecule has 1 aromatic rings. The van der Waals surface area contributed by atoms with E-state index in [1.165, 1.54) is 7.11 Å². The first-order valence-electron chi connectivity index (χ1n) is 6.72. The van der Waals surface area contributed by atoms with E-state index >= 15 is 0 Å². The second-order valence-corrected chi connectivity index (χ2v) is 5.12. The number of methoxy groups -OCH3 is 1. The van der Waals surface area contributed by atoms with Gasteiger partial charge in [0.25, 0.3) is 0 Å². The molecule has 4 nitrogen and oxygen atoms in total. The maximum atomic E-state index is 12.1. The molecule has 0 saturated carbocycles. The molecule has 2 atom stereocenters. The molecule has 0 radical (unpaired) electrons. The lowest BCUT2D eigenvalue weighted by Crippen LogP contribution is -2.33. The molecule has 2 aliphatic heterocycles. The van der Waals surface area contributed by atoms with E-state index in [1.807, 2.05) is 30.3 Å². The van der Waals surface area contributed by atoms with E-state index in [-0.39, 0.29) is 12.2 Å². The topological polar surface area (TPSA) is 52.6 Å². The van der Waals surface area contributed by atoms with Crippen LogP contribution in [0.25, 0.3) is 0 Å². The van der Waals surface area contributed by atoms with Gasteiger partial charge in [-0.2, -0.15) is 0 Å². The minimum absolute atomic E-state index is 0.0294. The number of benzene rings is 1. The molecular weight excluding hydrogens is 256 g/mol. The highest BCUT2D eigenvalue weighted by molar-refractivity contribution is 5.94. The molecule has 0 aromatic heterocycles. The van der Waals surface area contributed by atoms with Gasteiger partial charge in [-0.15, -0.1) is 0 Å². The summed E-state index contributed by atoms with van der Waals surface area (Å²) >= 11 is 0. The minimum atomic E-state index is -0.842. The van der Waals surface area contributed by atoms with Gasteiger partial charge in [-0.25, -0.2) is 4.79 Å². The Morgan fingerprint density at radius 3 is 2.80 bits per heavy atom. The molecule has 0 amide bonds. The molecule has 0 N–H and O–H groups in total. The van der Waals surface area contributed by atoms with Crippen molar-refractivity contribution >= 4 is 11.8 Å². The molecule has 2 heterocycles. The maximum Gasteiger partial charge on any atom is 0.336 e. The van der Waals surface area contributed by atoms with Crippen LogP contribution in [0.1, 0.15) is 24.8 Å². The standard InChI is InChI=1S/C16H16O4/c1-19-15(18)12-7-8-13(17)14-9-10-16(12,20-14)11-5-3-2-4-6-11/h2-7,14H,8-10H2,1H3. The van der Waals surface area contributed by atoms with Gasteiger partial charge in [-0.3, -0.25) is 4.79 Å². The molecular formula is C16H16O4. The number of carbonyl (C=O) groups is 2. The molecule has 1 aromatic carbocycles. The quantitative estimate of drug-likeness (QED) is 0.774. The van der Waals surface area contributed by atoms with E-state index in [2.05, 4.69) is 0 Å². The number of fused-ring (bicyclic) bond motifs is 2. The van der Waals surface area contributed by atoms with Crippen molar-refractivity contribution in [3.8, 4) is 0 Å². The highest BCUT2D eigenvalue weighted by Crippen LogP contribution is 2.47. The lowest BCUT2D eigenvalue weighted by Gasteiger charge is -2.30. The fourth-order valence-electron chi connectivity index (χ4n) is 3.05. The van der Waals surface area contributed by atoms with Gasteiger partial charge in [0.2, 0.25) is 0 Å². The molecule has 1 fully saturated rings. The zero-order chi connectivity index (χ0) is 14.2. The smallest absolute Gasteiger partial charge is 0.336 e. The van der Waals surface area contributed by atoms with Crippen LogP contribution in [0.3, 0.4) is 0 Å². The Bertz CT molecular complexity index is 575. The van der Waals surface area contributed by atoms with Gasteiger partial charge in [-0.05, 0) is 18.4 Å². The second-order valence-electron chi connectivity index (χ2n) is 5.12. The Morgan fingerprint density at radius 1 is 1.35 bits per heavy atom. The summed E-state index contributed by atoms with van der Waals surface area (Å²) in [7, 11) is 1.35. The van der Waals surface area contributed by atoms with Crippen LogP contribution in [0, 0.1) is 0 Å². The van der Waals surface area contributed by atoms with Gasteiger partial charge >= 0.3 is 5.97 Å². The van der Waals surface area contributed by atoms with Crippen molar-refractivity contribution < 1.29 is 19.1 Å². The Hall–Kier alpha value is -1.94. The number of hydrogen-bond acceptors (Lipinski definition) is 4. The van der Waals surface area contributed by atoms with Gasteiger partial charge in [0.15, 0.2) is 5.78 Å². The highest BCUT2D eigenvalue weighted by atomic mass is 16.5. The zero-order valence-electron chi connectivity index (χ0n) is 11.3. The Balaban J connectivity index is 2.14. The summed E-state index contributed by atoms with van der Waals surface area (Å²) < 4.78 is 10.9. The van der Waals surface area contributed by atoms with Crippen molar-refractivity contribution in [2.45, 2.75) is 31.0 Å². The minimum Gasteiger partial charge on any atom is -0.466 e. The van der Waals surface area contributed by atoms with Crippen LogP contribution in [0.5, 0.6) is 0 Å². The molecule has 4 heteroatoms. The van der Waals surface area contributed by atoms with Crippen LogP contribution >= 0.6 is 0 Å². The van der Waals surface area contributed by atoms with Gasteiger partial charge < -0.3 is 9.47 Å². The summed E-state index contributed by atoms with van der Waals surface area (Å²) in [4.78, 5) is 24.1. The van der Waals surface area contributed by atoms with Crippen molar-refractivity contribution in [2.75, 3.05) is 7.11 Å². The molecule has 1 saturated heterocycles. The molecule has 2 bridgehead atoms. The second kappa shape index (κ2) is 4.87. The number of allylic oxidation sites excluding steroid dienone is 1. The fraction of sp³-hybridized carbons (Fsp3) is 0.375. The first-order valence-corrected chi connectivity index (χ1v) is 6.72. The number of esters is 1. The van der Waals surface area contributed by atoms with Gasteiger partial charge in [0.05, 0.1) is 12.7 Å². The van der Waals surface area contributed by atoms with E-state index < -0.39 is 17.7 Å². The molecule has 0 aliphatic carbocycles. The molecule has 3 rings (SSSR count).